The summed E-state index contributed by atoms with van der Waals surface area (Å²) in [5, 5.41) is 3.80. The van der Waals surface area contributed by atoms with Crippen LogP contribution in [0.5, 0.6) is 0 Å². The topological polar surface area (TPSA) is 69.7 Å². The van der Waals surface area contributed by atoms with Crippen LogP contribution in [0.4, 0.5) is 0 Å². The van der Waals surface area contributed by atoms with Gasteiger partial charge in [0.25, 0.3) is 0 Å². The SMILES string of the molecule is CC(=O)N[C@@H](C(=O)N1C2CC1CN(C(=O)Cc1cc(Br)ccc1Cl)C2)c1cccc(Cl)c1. The number of halogens is 3. The first-order valence-corrected chi connectivity index (χ1v) is 11.8. The van der Waals surface area contributed by atoms with E-state index in [1.165, 1.54) is 6.92 Å². The maximum Gasteiger partial charge on any atom is 0.250 e. The van der Waals surface area contributed by atoms with E-state index in [9.17, 15) is 14.4 Å². The predicted octanol–water partition coefficient (Wildman–Crippen LogP) is 3.99. The molecule has 168 valence electrons. The van der Waals surface area contributed by atoms with Crippen LogP contribution in [0.2, 0.25) is 10.0 Å². The van der Waals surface area contributed by atoms with E-state index >= 15 is 0 Å². The van der Waals surface area contributed by atoms with Gasteiger partial charge in [-0.25, -0.2) is 0 Å². The summed E-state index contributed by atoms with van der Waals surface area (Å²) in [6.07, 6.45) is 1.05. The maximum atomic E-state index is 13.4. The zero-order valence-electron chi connectivity index (χ0n) is 17.4. The Morgan fingerprint density at radius 2 is 1.84 bits per heavy atom. The number of piperidine rings is 1. The third kappa shape index (κ3) is 4.80. The average molecular weight is 539 g/mol. The molecule has 6 nitrogen and oxygen atoms in total. The Morgan fingerprint density at radius 1 is 1.12 bits per heavy atom. The summed E-state index contributed by atoms with van der Waals surface area (Å²) >= 11 is 15.8. The normalized spacial score (nSPS) is 20.4. The molecule has 3 aliphatic heterocycles. The summed E-state index contributed by atoms with van der Waals surface area (Å²) in [5.74, 6) is -0.484. The highest BCUT2D eigenvalue weighted by Gasteiger charge is 2.49. The van der Waals surface area contributed by atoms with Gasteiger partial charge in [0.2, 0.25) is 17.7 Å². The van der Waals surface area contributed by atoms with Crippen molar-refractivity contribution < 1.29 is 14.4 Å². The highest BCUT2D eigenvalue weighted by Crippen LogP contribution is 2.35. The van der Waals surface area contributed by atoms with Crippen molar-refractivity contribution in [1.82, 2.24) is 15.1 Å². The van der Waals surface area contributed by atoms with Crippen LogP contribution in [0.1, 0.15) is 30.5 Å². The zero-order chi connectivity index (χ0) is 23.0. The van der Waals surface area contributed by atoms with Gasteiger partial charge in [-0.15, -0.1) is 0 Å². The highest BCUT2D eigenvalue weighted by molar-refractivity contribution is 9.10. The molecule has 2 aromatic carbocycles. The van der Waals surface area contributed by atoms with Crippen molar-refractivity contribution in [3.05, 3.63) is 68.1 Å². The van der Waals surface area contributed by atoms with Gasteiger partial charge in [-0.2, -0.15) is 0 Å². The molecule has 3 saturated heterocycles. The van der Waals surface area contributed by atoms with Gasteiger partial charge in [0, 0.05) is 34.5 Å². The summed E-state index contributed by atoms with van der Waals surface area (Å²) in [6, 6.07) is 11.4. The van der Waals surface area contributed by atoms with Crippen LogP contribution in [0.3, 0.4) is 0 Å². The Hall–Kier alpha value is -2.09. The molecular weight excluding hydrogens is 517 g/mol. The molecule has 5 rings (SSSR count). The van der Waals surface area contributed by atoms with Crippen molar-refractivity contribution in [3.63, 3.8) is 0 Å². The van der Waals surface area contributed by atoms with Crippen molar-refractivity contribution in [2.75, 3.05) is 13.1 Å². The lowest BCUT2D eigenvalue weighted by Gasteiger charge is -2.57. The van der Waals surface area contributed by atoms with Gasteiger partial charge in [-0.3, -0.25) is 14.4 Å². The fourth-order valence-electron chi connectivity index (χ4n) is 4.45. The van der Waals surface area contributed by atoms with Crippen molar-refractivity contribution >= 4 is 56.9 Å². The third-order valence-corrected chi connectivity index (χ3v) is 7.02. The number of nitrogens with zero attached hydrogens (tertiary/aromatic N) is 2. The summed E-state index contributed by atoms with van der Waals surface area (Å²) in [4.78, 5) is 41.6. The zero-order valence-corrected chi connectivity index (χ0v) is 20.5. The van der Waals surface area contributed by atoms with Gasteiger partial charge < -0.3 is 15.1 Å². The predicted molar refractivity (Wildman–Crippen MR) is 126 cm³/mol. The maximum absolute atomic E-state index is 13.4. The van der Waals surface area contributed by atoms with E-state index in [1.807, 2.05) is 12.1 Å². The average Bonchev–Trinajstić information content (AvgIpc) is 2.74. The minimum Gasteiger partial charge on any atom is -0.341 e. The van der Waals surface area contributed by atoms with E-state index in [-0.39, 0.29) is 36.2 Å². The first kappa shape index (κ1) is 23.1. The van der Waals surface area contributed by atoms with E-state index in [0.717, 1.165) is 16.5 Å². The third-order valence-electron chi connectivity index (χ3n) is 5.93. The van der Waals surface area contributed by atoms with Crippen LogP contribution in [-0.2, 0) is 20.8 Å². The molecule has 2 aromatic rings. The van der Waals surface area contributed by atoms with Crippen molar-refractivity contribution in [1.29, 1.82) is 0 Å². The molecule has 9 heteroatoms. The largest absolute Gasteiger partial charge is 0.341 e. The molecular formula is C23H22BrCl2N3O3. The molecule has 0 aliphatic carbocycles. The Kier molecular flexibility index (Phi) is 6.79. The summed E-state index contributed by atoms with van der Waals surface area (Å²) in [5.41, 5.74) is 1.41. The summed E-state index contributed by atoms with van der Waals surface area (Å²) in [6.45, 7) is 2.32. The quantitative estimate of drug-likeness (QED) is 0.625. The number of hydrogen-bond acceptors (Lipinski definition) is 3. The molecule has 3 fully saturated rings. The summed E-state index contributed by atoms with van der Waals surface area (Å²) in [7, 11) is 0. The van der Waals surface area contributed by atoms with Crippen molar-refractivity contribution in [3.8, 4) is 0 Å². The number of benzene rings is 2. The lowest BCUT2D eigenvalue weighted by Crippen LogP contribution is -2.72. The molecule has 3 aliphatic rings. The van der Waals surface area contributed by atoms with Crippen molar-refractivity contribution in [2.45, 2.75) is 37.9 Å². The van der Waals surface area contributed by atoms with Gasteiger partial charge >= 0.3 is 0 Å². The number of rotatable bonds is 5. The second-order valence-corrected chi connectivity index (χ2v) is 9.95. The van der Waals surface area contributed by atoms with Crippen molar-refractivity contribution in [2.24, 2.45) is 0 Å². The van der Waals surface area contributed by atoms with E-state index in [4.69, 9.17) is 23.2 Å². The minimum atomic E-state index is -0.806. The standard InChI is InChI=1S/C23H22BrCl2N3O3/c1-13(30)27-22(14-3-2-4-17(25)8-14)23(32)29-18-10-19(29)12-28(11-18)21(31)9-15-7-16(24)5-6-20(15)26/h2-8,18-19,22H,9-12H2,1H3,(H,27,30)/t18?,19?,22-/m1/s1. The lowest BCUT2D eigenvalue weighted by atomic mass is 9.85. The molecule has 0 radical (unpaired) electrons. The van der Waals surface area contributed by atoms with Crippen LogP contribution in [0, 0.1) is 0 Å². The Morgan fingerprint density at radius 3 is 2.50 bits per heavy atom. The molecule has 0 saturated carbocycles. The number of fused-ring (bicyclic) bond motifs is 2. The molecule has 2 bridgehead atoms. The van der Waals surface area contributed by atoms with Gasteiger partial charge in [-0.1, -0.05) is 51.3 Å². The fourth-order valence-corrected chi connectivity index (χ4v) is 5.24. The first-order valence-electron chi connectivity index (χ1n) is 10.3. The Labute approximate surface area is 205 Å². The molecule has 32 heavy (non-hydrogen) atoms. The monoisotopic (exact) mass is 537 g/mol. The van der Waals surface area contributed by atoms with Gasteiger partial charge in [0.05, 0.1) is 18.5 Å². The number of hydrogen-bond donors (Lipinski definition) is 1. The molecule has 0 aromatic heterocycles. The van der Waals surface area contributed by atoms with E-state index in [2.05, 4.69) is 21.2 Å². The lowest BCUT2D eigenvalue weighted by molar-refractivity contribution is -0.163. The van der Waals surface area contributed by atoms with Crippen LogP contribution in [0.15, 0.2) is 46.9 Å². The van der Waals surface area contributed by atoms with Crippen LogP contribution in [-0.4, -0.2) is 52.7 Å². The van der Waals surface area contributed by atoms with Gasteiger partial charge in [0.15, 0.2) is 0 Å². The molecule has 1 N–H and O–H groups in total. The second-order valence-electron chi connectivity index (χ2n) is 8.19. The fraction of sp³-hybridized carbons (Fsp3) is 0.348. The summed E-state index contributed by atoms with van der Waals surface area (Å²) < 4.78 is 0.869. The molecule has 3 atom stereocenters. The molecule has 2 unspecified atom stereocenters. The van der Waals surface area contributed by atoms with Crippen LogP contribution < -0.4 is 5.32 Å². The number of carbonyl (C=O) groups excluding carboxylic acids is 3. The molecule has 3 amide bonds. The highest BCUT2D eigenvalue weighted by atomic mass is 79.9. The van der Waals surface area contributed by atoms with Crippen LogP contribution in [0.25, 0.3) is 0 Å². The number of amides is 3. The Bertz CT molecular complexity index is 1070. The molecule has 3 heterocycles. The number of carbonyl (C=O) groups is 3. The number of nitrogens with one attached hydrogen (secondary N) is 1. The van der Waals surface area contributed by atoms with E-state index in [1.54, 1.807) is 40.1 Å². The van der Waals surface area contributed by atoms with Crippen LogP contribution >= 0.6 is 39.1 Å². The second kappa shape index (κ2) is 9.41. The van der Waals surface area contributed by atoms with Gasteiger partial charge in [-0.05, 0) is 47.9 Å². The van der Waals surface area contributed by atoms with Gasteiger partial charge in [0.1, 0.15) is 6.04 Å². The Balaban J connectivity index is 1.45. The first-order chi connectivity index (χ1) is 15.2. The van der Waals surface area contributed by atoms with E-state index in [0.29, 0.717) is 28.7 Å². The van der Waals surface area contributed by atoms with E-state index < -0.39 is 6.04 Å². The molecule has 0 spiro atoms. The number of piperazine rings is 1. The minimum absolute atomic E-state index is 0.0138. The smallest absolute Gasteiger partial charge is 0.250 e.